The van der Waals surface area contributed by atoms with E-state index in [1.165, 1.54) is 16.4 Å². The van der Waals surface area contributed by atoms with Gasteiger partial charge >= 0.3 is 0 Å². The molecule has 0 bridgehead atoms. The number of para-hydroxylation sites is 1. The van der Waals surface area contributed by atoms with Crippen molar-refractivity contribution in [2.45, 2.75) is 31.7 Å². The number of benzene rings is 2. The first-order valence-corrected chi connectivity index (χ1v) is 8.54. The fourth-order valence-corrected chi connectivity index (χ4v) is 4.54. The highest BCUT2D eigenvalue weighted by atomic mass is 32.2. The van der Waals surface area contributed by atoms with Gasteiger partial charge in [-0.2, -0.15) is 0 Å². The molecule has 0 saturated carbocycles. The standard InChI is InChI=1S/C16H18N2O4S/c1-12(2)17(14-9-5-4-6-10-14)23(21,22)16-13(3)8-7-11-15(16)18(19)20/h4-12H,1-3H3. The zero-order chi connectivity index (χ0) is 17.2. The number of nitrogens with zero attached hydrogens (tertiary/aromatic N) is 2. The van der Waals surface area contributed by atoms with Gasteiger partial charge in [0.25, 0.3) is 15.7 Å². The second-order valence-electron chi connectivity index (χ2n) is 5.41. The normalized spacial score (nSPS) is 11.5. The summed E-state index contributed by atoms with van der Waals surface area (Å²) in [5, 5.41) is 11.3. The Hall–Kier alpha value is -2.41. The van der Waals surface area contributed by atoms with Crippen molar-refractivity contribution >= 4 is 21.4 Å². The molecule has 0 aliphatic heterocycles. The SMILES string of the molecule is Cc1cccc([N+](=O)[O-])c1S(=O)(=O)N(c1ccccc1)C(C)C. The van der Waals surface area contributed by atoms with Crippen molar-refractivity contribution in [3.05, 3.63) is 64.2 Å². The summed E-state index contributed by atoms with van der Waals surface area (Å²) >= 11 is 0. The van der Waals surface area contributed by atoms with Crippen molar-refractivity contribution in [1.29, 1.82) is 0 Å². The predicted molar refractivity (Wildman–Crippen MR) is 89.1 cm³/mol. The average molecular weight is 334 g/mol. The van der Waals surface area contributed by atoms with Crippen molar-refractivity contribution in [1.82, 2.24) is 0 Å². The molecular weight excluding hydrogens is 316 g/mol. The molecule has 0 fully saturated rings. The minimum Gasteiger partial charge on any atom is -0.264 e. The maximum Gasteiger partial charge on any atom is 0.290 e. The summed E-state index contributed by atoms with van der Waals surface area (Å²) in [4.78, 5) is 10.3. The quantitative estimate of drug-likeness (QED) is 0.619. The topological polar surface area (TPSA) is 80.5 Å². The lowest BCUT2D eigenvalue weighted by molar-refractivity contribution is -0.387. The number of hydrogen-bond donors (Lipinski definition) is 0. The van der Waals surface area contributed by atoms with Gasteiger partial charge in [-0.15, -0.1) is 0 Å². The summed E-state index contributed by atoms with van der Waals surface area (Å²) in [7, 11) is -4.07. The Morgan fingerprint density at radius 3 is 2.17 bits per heavy atom. The van der Waals surface area contributed by atoms with Gasteiger partial charge in [0.15, 0.2) is 4.90 Å². The first-order chi connectivity index (χ1) is 10.8. The molecule has 0 aromatic heterocycles. The van der Waals surface area contributed by atoms with E-state index in [1.807, 2.05) is 0 Å². The summed E-state index contributed by atoms with van der Waals surface area (Å²) in [5.41, 5.74) is 0.410. The number of aryl methyl sites for hydroxylation is 1. The lowest BCUT2D eigenvalue weighted by Crippen LogP contribution is -2.37. The molecule has 0 atom stereocenters. The van der Waals surface area contributed by atoms with E-state index in [4.69, 9.17) is 0 Å². The van der Waals surface area contributed by atoms with Crippen LogP contribution < -0.4 is 4.31 Å². The van der Waals surface area contributed by atoms with Crippen molar-refractivity contribution < 1.29 is 13.3 Å². The molecule has 0 saturated heterocycles. The third kappa shape index (κ3) is 3.19. The molecule has 0 aliphatic rings. The molecule has 6 nitrogen and oxygen atoms in total. The maximum absolute atomic E-state index is 13.1. The summed E-state index contributed by atoms with van der Waals surface area (Å²) < 4.78 is 27.5. The Balaban J connectivity index is 2.72. The van der Waals surface area contributed by atoms with Gasteiger partial charge in [-0.05, 0) is 38.5 Å². The molecule has 0 radical (unpaired) electrons. The van der Waals surface area contributed by atoms with Crippen LogP contribution in [0.15, 0.2) is 53.4 Å². The summed E-state index contributed by atoms with van der Waals surface area (Å²) in [5.74, 6) is 0. The molecular formula is C16H18N2O4S. The summed E-state index contributed by atoms with van der Waals surface area (Å²) in [6.07, 6.45) is 0. The van der Waals surface area contributed by atoms with E-state index in [0.717, 1.165) is 0 Å². The molecule has 0 N–H and O–H groups in total. The van der Waals surface area contributed by atoms with E-state index >= 15 is 0 Å². The van der Waals surface area contributed by atoms with E-state index in [0.29, 0.717) is 11.3 Å². The van der Waals surface area contributed by atoms with Gasteiger partial charge in [0.05, 0.1) is 10.6 Å². The first kappa shape index (κ1) is 17.0. The molecule has 2 aromatic carbocycles. The highest BCUT2D eigenvalue weighted by Crippen LogP contribution is 2.33. The van der Waals surface area contributed by atoms with Crippen molar-refractivity contribution in [2.75, 3.05) is 4.31 Å². The van der Waals surface area contributed by atoms with E-state index in [9.17, 15) is 18.5 Å². The van der Waals surface area contributed by atoms with Crippen molar-refractivity contribution in [2.24, 2.45) is 0 Å². The fourth-order valence-electron chi connectivity index (χ4n) is 2.50. The third-order valence-electron chi connectivity index (χ3n) is 3.38. The molecule has 0 unspecified atom stereocenters. The number of anilines is 1. The van der Waals surface area contributed by atoms with Gasteiger partial charge in [0, 0.05) is 12.1 Å². The lowest BCUT2D eigenvalue weighted by Gasteiger charge is -2.28. The average Bonchev–Trinajstić information content (AvgIpc) is 2.47. The Morgan fingerprint density at radius 1 is 1.04 bits per heavy atom. The van der Waals surface area contributed by atoms with Crippen LogP contribution in [0.25, 0.3) is 0 Å². The van der Waals surface area contributed by atoms with Crippen molar-refractivity contribution in [3.8, 4) is 0 Å². The maximum atomic E-state index is 13.1. The van der Waals surface area contributed by atoms with Crippen LogP contribution in [-0.2, 0) is 10.0 Å². The number of nitro benzene ring substituents is 1. The largest absolute Gasteiger partial charge is 0.290 e. The van der Waals surface area contributed by atoms with Crippen LogP contribution in [-0.4, -0.2) is 19.4 Å². The number of hydrogen-bond acceptors (Lipinski definition) is 4. The van der Waals surface area contributed by atoms with Crippen LogP contribution in [0.1, 0.15) is 19.4 Å². The van der Waals surface area contributed by atoms with Crippen molar-refractivity contribution in [3.63, 3.8) is 0 Å². The Morgan fingerprint density at radius 2 is 1.65 bits per heavy atom. The van der Waals surface area contributed by atoms with Gasteiger partial charge in [-0.3, -0.25) is 14.4 Å². The van der Waals surface area contributed by atoms with Gasteiger partial charge < -0.3 is 0 Å². The molecule has 0 heterocycles. The van der Waals surface area contributed by atoms with Gasteiger partial charge in [-0.1, -0.05) is 30.3 Å². The highest BCUT2D eigenvalue weighted by Gasteiger charge is 2.34. The van der Waals surface area contributed by atoms with E-state index < -0.39 is 20.6 Å². The van der Waals surface area contributed by atoms with Crippen LogP contribution >= 0.6 is 0 Å². The van der Waals surface area contributed by atoms with Crippen LogP contribution in [0.4, 0.5) is 11.4 Å². The fraction of sp³-hybridized carbons (Fsp3) is 0.250. The molecule has 7 heteroatoms. The van der Waals surface area contributed by atoms with Crippen LogP contribution in [0.2, 0.25) is 0 Å². The Kier molecular flexibility index (Phi) is 4.70. The van der Waals surface area contributed by atoms with E-state index in [-0.39, 0.29) is 10.9 Å². The molecule has 0 spiro atoms. The third-order valence-corrected chi connectivity index (χ3v) is 5.58. The van der Waals surface area contributed by atoms with Crippen LogP contribution in [0.3, 0.4) is 0 Å². The number of rotatable bonds is 5. The predicted octanol–water partition coefficient (Wildman–Crippen LogP) is 3.51. The van der Waals surface area contributed by atoms with E-state index in [2.05, 4.69) is 0 Å². The van der Waals surface area contributed by atoms with Crippen LogP contribution in [0.5, 0.6) is 0 Å². The minimum absolute atomic E-state index is 0.262. The zero-order valence-electron chi connectivity index (χ0n) is 13.1. The summed E-state index contributed by atoms with van der Waals surface area (Å²) in [6, 6.07) is 12.4. The molecule has 122 valence electrons. The summed E-state index contributed by atoms with van der Waals surface area (Å²) in [6.45, 7) is 5.02. The Bertz CT molecular complexity index is 817. The molecule has 2 aromatic rings. The highest BCUT2D eigenvalue weighted by molar-refractivity contribution is 7.93. The van der Waals surface area contributed by atoms with Gasteiger partial charge in [0.1, 0.15) is 0 Å². The van der Waals surface area contributed by atoms with Gasteiger partial charge in [-0.25, -0.2) is 8.42 Å². The monoisotopic (exact) mass is 334 g/mol. The zero-order valence-corrected chi connectivity index (χ0v) is 13.9. The molecule has 0 amide bonds. The molecule has 23 heavy (non-hydrogen) atoms. The smallest absolute Gasteiger partial charge is 0.264 e. The minimum atomic E-state index is -4.07. The van der Waals surface area contributed by atoms with E-state index in [1.54, 1.807) is 57.2 Å². The molecule has 0 aliphatic carbocycles. The second kappa shape index (κ2) is 6.37. The Labute approximate surface area is 135 Å². The first-order valence-electron chi connectivity index (χ1n) is 7.10. The molecule has 2 rings (SSSR count). The van der Waals surface area contributed by atoms with Gasteiger partial charge in [0.2, 0.25) is 0 Å². The number of sulfonamides is 1. The lowest BCUT2D eigenvalue weighted by atomic mass is 10.2. The number of nitro groups is 1. The van der Waals surface area contributed by atoms with Crippen LogP contribution in [0, 0.1) is 17.0 Å². The second-order valence-corrected chi connectivity index (χ2v) is 7.16.